The van der Waals surface area contributed by atoms with E-state index >= 15 is 0 Å². The van der Waals surface area contributed by atoms with Crippen LogP contribution in [0, 0.1) is 5.92 Å². The van der Waals surface area contributed by atoms with Gasteiger partial charge in [0.15, 0.2) is 5.03 Å². The lowest BCUT2D eigenvalue weighted by atomic mass is 9.98. The molecule has 6 nitrogen and oxygen atoms in total. The second-order valence-corrected chi connectivity index (χ2v) is 6.96. The summed E-state index contributed by atoms with van der Waals surface area (Å²) in [5.41, 5.74) is 2.74. The average Bonchev–Trinajstić information content (AvgIpc) is 2.73. The summed E-state index contributed by atoms with van der Waals surface area (Å²) in [4.78, 5) is 3.99. The highest BCUT2D eigenvalue weighted by atomic mass is 32.2. The minimum absolute atomic E-state index is 0.0115. The van der Waals surface area contributed by atoms with Crippen molar-refractivity contribution in [3.8, 4) is 0 Å². The molecule has 0 spiro atoms. The molecule has 1 fully saturated rings. The van der Waals surface area contributed by atoms with Crippen LogP contribution in [0.3, 0.4) is 0 Å². The molecule has 2 rings (SSSR count). The fourth-order valence-electron chi connectivity index (χ4n) is 2.62. The maximum Gasteiger partial charge on any atom is 0.262 e. The zero-order valence-electron chi connectivity index (χ0n) is 11.7. The Morgan fingerprint density at radius 2 is 2.25 bits per heavy atom. The topological polar surface area (TPSA) is 88.3 Å². The van der Waals surface area contributed by atoms with Crippen LogP contribution >= 0.6 is 0 Å². The molecule has 0 radical (unpaired) electrons. The van der Waals surface area contributed by atoms with Gasteiger partial charge in [0.05, 0.1) is 5.69 Å². The van der Waals surface area contributed by atoms with Crippen molar-refractivity contribution in [2.45, 2.75) is 37.6 Å². The summed E-state index contributed by atoms with van der Waals surface area (Å²) in [6.45, 7) is 3.27. The summed E-state index contributed by atoms with van der Waals surface area (Å²) in [5, 5.41) is 0.0115. The van der Waals surface area contributed by atoms with E-state index in [9.17, 15) is 8.42 Å². The monoisotopic (exact) mass is 298 g/mol. The molecular formula is C13H22N4O2S. The van der Waals surface area contributed by atoms with Gasteiger partial charge in [0, 0.05) is 19.3 Å². The second-order valence-electron chi connectivity index (χ2n) is 5.11. The van der Waals surface area contributed by atoms with Crippen molar-refractivity contribution < 1.29 is 8.42 Å². The van der Waals surface area contributed by atoms with Crippen LogP contribution in [0.2, 0.25) is 0 Å². The summed E-state index contributed by atoms with van der Waals surface area (Å²) in [6, 6.07) is 3.27. The van der Waals surface area contributed by atoms with E-state index < -0.39 is 10.0 Å². The predicted octanol–water partition coefficient (Wildman–Crippen LogP) is 1.57. The molecule has 1 saturated heterocycles. The van der Waals surface area contributed by atoms with Gasteiger partial charge in [-0.15, -0.1) is 0 Å². The first-order chi connectivity index (χ1) is 9.59. The minimum Gasteiger partial charge on any atom is -0.321 e. The zero-order chi connectivity index (χ0) is 14.6. The van der Waals surface area contributed by atoms with E-state index in [-0.39, 0.29) is 5.03 Å². The normalized spacial score (nSPS) is 21.4. The molecule has 0 bridgehead atoms. The lowest BCUT2D eigenvalue weighted by Gasteiger charge is -2.20. The number of nitrogens with zero attached hydrogens (tertiary/aromatic N) is 2. The number of aromatic nitrogens is 1. The highest BCUT2D eigenvalue weighted by Crippen LogP contribution is 2.26. The largest absolute Gasteiger partial charge is 0.321 e. The van der Waals surface area contributed by atoms with Crippen molar-refractivity contribution in [2.75, 3.05) is 18.5 Å². The number of nitrogens with two attached hydrogens (primary N) is 1. The Kier molecular flexibility index (Phi) is 4.95. The van der Waals surface area contributed by atoms with E-state index in [0.717, 1.165) is 25.7 Å². The average molecular weight is 298 g/mol. The number of hydrazine groups is 1. The van der Waals surface area contributed by atoms with Crippen LogP contribution in [0.1, 0.15) is 32.6 Å². The maximum absolute atomic E-state index is 12.7. The van der Waals surface area contributed by atoms with E-state index in [4.69, 9.17) is 5.84 Å². The van der Waals surface area contributed by atoms with Gasteiger partial charge in [0.1, 0.15) is 0 Å². The third-order valence-electron chi connectivity index (χ3n) is 3.89. The molecular weight excluding hydrogens is 276 g/mol. The Bertz CT molecular complexity index is 547. The smallest absolute Gasteiger partial charge is 0.262 e. The molecule has 2 heterocycles. The zero-order valence-corrected chi connectivity index (χ0v) is 12.6. The Hall–Kier alpha value is -1.18. The molecule has 1 aromatic rings. The highest BCUT2D eigenvalue weighted by molar-refractivity contribution is 7.89. The Balaban J connectivity index is 2.26. The minimum atomic E-state index is -3.58. The van der Waals surface area contributed by atoms with Crippen LogP contribution in [0.4, 0.5) is 5.69 Å². The highest BCUT2D eigenvalue weighted by Gasteiger charge is 2.30. The lowest BCUT2D eigenvalue weighted by molar-refractivity contribution is 0.406. The van der Waals surface area contributed by atoms with E-state index in [0.29, 0.717) is 24.7 Å². The Morgan fingerprint density at radius 1 is 1.45 bits per heavy atom. The fourth-order valence-corrected chi connectivity index (χ4v) is 4.17. The summed E-state index contributed by atoms with van der Waals surface area (Å²) in [7, 11) is -3.58. The number of nitrogens with one attached hydrogen (secondary N) is 1. The Labute approximate surface area is 120 Å². The molecule has 7 heteroatoms. The molecule has 1 aromatic heterocycles. The number of sulfonamides is 1. The van der Waals surface area contributed by atoms with Gasteiger partial charge in [0.2, 0.25) is 0 Å². The lowest BCUT2D eigenvalue weighted by Crippen LogP contribution is -2.33. The van der Waals surface area contributed by atoms with Crippen LogP contribution in [0.15, 0.2) is 23.4 Å². The van der Waals surface area contributed by atoms with E-state index in [1.165, 1.54) is 10.5 Å². The third kappa shape index (κ3) is 3.11. The summed E-state index contributed by atoms with van der Waals surface area (Å²) in [5.74, 6) is 6.00. The van der Waals surface area contributed by atoms with Gasteiger partial charge >= 0.3 is 0 Å². The number of anilines is 1. The fraction of sp³-hybridized carbons (Fsp3) is 0.615. The van der Waals surface area contributed by atoms with Gasteiger partial charge in [-0.2, -0.15) is 4.31 Å². The number of pyridine rings is 1. The van der Waals surface area contributed by atoms with E-state index in [2.05, 4.69) is 17.3 Å². The predicted molar refractivity (Wildman–Crippen MR) is 78.4 cm³/mol. The molecule has 20 heavy (non-hydrogen) atoms. The van der Waals surface area contributed by atoms with Crippen LogP contribution in [-0.4, -0.2) is 30.8 Å². The number of hydrogen-bond donors (Lipinski definition) is 2. The van der Waals surface area contributed by atoms with Gasteiger partial charge in [-0.25, -0.2) is 13.4 Å². The second kappa shape index (κ2) is 6.51. The first-order valence-corrected chi connectivity index (χ1v) is 8.45. The molecule has 1 unspecified atom stereocenters. The van der Waals surface area contributed by atoms with Crippen LogP contribution in [0.5, 0.6) is 0 Å². The number of hydrogen-bond acceptors (Lipinski definition) is 5. The summed E-state index contributed by atoms with van der Waals surface area (Å²) < 4.78 is 26.9. The number of rotatable bonds is 4. The summed E-state index contributed by atoms with van der Waals surface area (Å²) in [6.07, 6.45) is 5.48. The molecule has 0 amide bonds. The SMILES string of the molecule is CCC1CCCN(S(=O)(=O)c2ncccc2NN)CC1. The number of nitrogen functional groups attached to an aromatic ring is 1. The quantitative estimate of drug-likeness (QED) is 0.650. The van der Waals surface area contributed by atoms with Crippen LogP contribution < -0.4 is 11.3 Å². The maximum atomic E-state index is 12.7. The molecule has 1 aliphatic rings. The van der Waals surface area contributed by atoms with Gasteiger partial charge in [-0.3, -0.25) is 5.84 Å². The van der Waals surface area contributed by atoms with Crippen LogP contribution in [-0.2, 0) is 10.0 Å². The van der Waals surface area contributed by atoms with Crippen molar-refractivity contribution in [3.05, 3.63) is 18.3 Å². The van der Waals surface area contributed by atoms with E-state index in [1.807, 2.05) is 0 Å². The molecule has 3 N–H and O–H groups in total. The van der Waals surface area contributed by atoms with Gasteiger partial charge in [0.25, 0.3) is 10.0 Å². The molecule has 0 aromatic carbocycles. The molecule has 0 saturated carbocycles. The Morgan fingerprint density at radius 3 is 2.95 bits per heavy atom. The van der Waals surface area contributed by atoms with Gasteiger partial charge in [-0.1, -0.05) is 13.3 Å². The van der Waals surface area contributed by atoms with Crippen LogP contribution in [0.25, 0.3) is 0 Å². The molecule has 0 aliphatic carbocycles. The summed E-state index contributed by atoms with van der Waals surface area (Å²) >= 11 is 0. The van der Waals surface area contributed by atoms with Crippen molar-refractivity contribution in [2.24, 2.45) is 11.8 Å². The molecule has 1 aliphatic heterocycles. The van der Waals surface area contributed by atoms with Crippen molar-refractivity contribution >= 4 is 15.7 Å². The van der Waals surface area contributed by atoms with Crippen molar-refractivity contribution in [1.82, 2.24) is 9.29 Å². The molecule has 112 valence electrons. The first-order valence-electron chi connectivity index (χ1n) is 7.01. The van der Waals surface area contributed by atoms with E-state index in [1.54, 1.807) is 12.1 Å². The van der Waals surface area contributed by atoms with Gasteiger partial charge in [-0.05, 0) is 37.3 Å². The third-order valence-corrected chi connectivity index (χ3v) is 5.75. The van der Waals surface area contributed by atoms with Crippen molar-refractivity contribution in [1.29, 1.82) is 0 Å². The van der Waals surface area contributed by atoms with Gasteiger partial charge < -0.3 is 5.43 Å². The standard InChI is InChI=1S/C13H22N4O2S/c1-2-11-5-4-9-17(10-7-11)20(18,19)13-12(16-14)6-3-8-15-13/h3,6,8,11,16H,2,4-5,7,9-10,14H2,1H3. The molecule has 1 atom stereocenters. The van der Waals surface area contributed by atoms with Crippen molar-refractivity contribution in [3.63, 3.8) is 0 Å². The first kappa shape index (κ1) is 15.2.